The molecule has 1 aliphatic heterocycles. The van der Waals surface area contributed by atoms with E-state index < -0.39 is 5.97 Å². The topological polar surface area (TPSA) is 40.5 Å². The molecule has 1 heterocycles. The molecule has 0 aromatic heterocycles. The number of carbonyl (C=O) groups is 1. The first-order valence-electron chi connectivity index (χ1n) is 5.12. The quantitative estimate of drug-likeness (QED) is 0.805. The van der Waals surface area contributed by atoms with E-state index >= 15 is 0 Å². The van der Waals surface area contributed by atoms with Gasteiger partial charge in [0.2, 0.25) is 0 Å². The molecule has 1 aliphatic rings. The molecule has 0 aliphatic carbocycles. The van der Waals surface area contributed by atoms with Gasteiger partial charge in [0.05, 0.1) is 16.3 Å². The van der Waals surface area contributed by atoms with Crippen LogP contribution in [0, 0.1) is 0 Å². The predicted octanol–water partition coefficient (Wildman–Crippen LogP) is 2.80. The number of hydrogen-bond donors (Lipinski definition) is 1. The van der Waals surface area contributed by atoms with E-state index in [0.29, 0.717) is 17.3 Å². The average molecular weight is 238 g/mol. The lowest BCUT2D eigenvalue weighted by atomic mass is 10.1. The summed E-state index contributed by atoms with van der Waals surface area (Å²) >= 11 is 6.08. The molecule has 4 heteroatoms. The van der Waals surface area contributed by atoms with Crippen LogP contribution in [0.3, 0.4) is 0 Å². The van der Waals surface area contributed by atoms with Gasteiger partial charge in [-0.1, -0.05) is 29.8 Å². The molecule has 3 nitrogen and oxygen atoms in total. The fourth-order valence-corrected chi connectivity index (χ4v) is 2.15. The molecule has 0 radical (unpaired) electrons. The third-order valence-electron chi connectivity index (χ3n) is 2.59. The van der Waals surface area contributed by atoms with Crippen LogP contribution < -0.4 is 4.90 Å². The molecule has 0 saturated heterocycles. The van der Waals surface area contributed by atoms with E-state index in [0.717, 1.165) is 13.0 Å². The van der Waals surface area contributed by atoms with Crippen LogP contribution in [0.5, 0.6) is 0 Å². The molecule has 1 N–H and O–H groups in total. The van der Waals surface area contributed by atoms with Crippen molar-refractivity contribution >= 4 is 23.3 Å². The Balaban J connectivity index is 2.44. The maximum absolute atomic E-state index is 11.1. The molecule has 2 rings (SSSR count). The summed E-state index contributed by atoms with van der Waals surface area (Å²) in [6.45, 7) is 1.52. The largest absolute Gasteiger partial charge is 0.478 e. The van der Waals surface area contributed by atoms with Gasteiger partial charge in [-0.05, 0) is 18.6 Å². The molecular weight excluding hydrogens is 226 g/mol. The number of aromatic carboxylic acids is 1. The lowest BCUT2D eigenvalue weighted by molar-refractivity contribution is 0.0697. The normalized spacial score (nSPS) is 15.2. The molecule has 84 valence electrons. The second-order valence-corrected chi connectivity index (χ2v) is 4.05. The van der Waals surface area contributed by atoms with Gasteiger partial charge in [-0.15, -0.1) is 0 Å². The Labute approximate surface area is 98.9 Å². The molecule has 1 aromatic carbocycles. The van der Waals surface area contributed by atoms with Crippen molar-refractivity contribution < 1.29 is 9.90 Å². The predicted molar refractivity (Wildman–Crippen MR) is 64.4 cm³/mol. The smallest absolute Gasteiger partial charge is 0.337 e. The van der Waals surface area contributed by atoms with Gasteiger partial charge < -0.3 is 10.0 Å². The molecule has 1 aromatic rings. The number of anilines is 1. The highest BCUT2D eigenvalue weighted by Gasteiger charge is 2.19. The van der Waals surface area contributed by atoms with Crippen LogP contribution in [0.4, 0.5) is 5.69 Å². The highest BCUT2D eigenvalue weighted by Crippen LogP contribution is 2.30. The van der Waals surface area contributed by atoms with Gasteiger partial charge in [0.15, 0.2) is 0 Å². The summed E-state index contributed by atoms with van der Waals surface area (Å²) in [6.07, 6.45) is 5.04. The standard InChI is InChI=1S/C12H12ClNO2/c13-10-6-4-5-9(12(15)16)11(10)14-7-2-1-3-8-14/h1-2,4-6H,3,7-8H2,(H,15,16). The number of benzene rings is 1. The van der Waals surface area contributed by atoms with Crippen molar-refractivity contribution in [1.82, 2.24) is 0 Å². The van der Waals surface area contributed by atoms with Gasteiger partial charge in [-0.25, -0.2) is 4.79 Å². The summed E-state index contributed by atoms with van der Waals surface area (Å²) in [6, 6.07) is 4.97. The zero-order valence-electron chi connectivity index (χ0n) is 8.69. The average Bonchev–Trinajstić information content (AvgIpc) is 2.29. The van der Waals surface area contributed by atoms with Crippen LogP contribution in [-0.2, 0) is 0 Å². The molecule has 0 spiro atoms. The molecule has 16 heavy (non-hydrogen) atoms. The number of hydrogen-bond acceptors (Lipinski definition) is 2. The van der Waals surface area contributed by atoms with Crippen molar-refractivity contribution in [2.75, 3.05) is 18.0 Å². The Morgan fingerprint density at radius 3 is 2.81 bits per heavy atom. The zero-order valence-corrected chi connectivity index (χ0v) is 9.44. The molecule has 0 bridgehead atoms. The zero-order chi connectivity index (χ0) is 11.5. The van der Waals surface area contributed by atoms with Crippen molar-refractivity contribution in [3.05, 3.63) is 40.9 Å². The van der Waals surface area contributed by atoms with Crippen LogP contribution in [0.25, 0.3) is 0 Å². The van der Waals surface area contributed by atoms with Gasteiger partial charge in [0.25, 0.3) is 0 Å². The maximum atomic E-state index is 11.1. The summed E-state index contributed by atoms with van der Waals surface area (Å²) in [5.74, 6) is -0.938. The summed E-state index contributed by atoms with van der Waals surface area (Å²) in [7, 11) is 0. The Morgan fingerprint density at radius 2 is 2.19 bits per heavy atom. The first-order chi connectivity index (χ1) is 7.70. The van der Waals surface area contributed by atoms with E-state index in [1.807, 2.05) is 11.0 Å². The summed E-state index contributed by atoms with van der Waals surface area (Å²) < 4.78 is 0. The van der Waals surface area contributed by atoms with Crippen molar-refractivity contribution in [3.63, 3.8) is 0 Å². The Kier molecular flexibility index (Phi) is 3.15. The van der Waals surface area contributed by atoms with E-state index in [9.17, 15) is 4.79 Å². The molecule has 0 saturated carbocycles. The number of nitrogens with zero attached hydrogens (tertiary/aromatic N) is 1. The van der Waals surface area contributed by atoms with E-state index in [1.165, 1.54) is 0 Å². The number of halogens is 1. The van der Waals surface area contributed by atoms with Crippen LogP contribution in [-0.4, -0.2) is 24.2 Å². The Morgan fingerprint density at radius 1 is 1.38 bits per heavy atom. The van der Waals surface area contributed by atoms with Gasteiger partial charge in [-0.2, -0.15) is 0 Å². The van der Waals surface area contributed by atoms with E-state index in [-0.39, 0.29) is 5.56 Å². The Hall–Kier alpha value is -1.48. The van der Waals surface area contributed by atoms with E-state index in [2.05, 4.69) is 6.08 Å². The van der Waals surface area contributed by atoms with E-state index in [1.54, 1.807) is 18.2 Å². The third kappa shape index (κ3) is 2.04. The highest BCUT2D eigenvalue weighted by atomic mass is 35.5. The summed E-state index contributed by atoms with van der Waals surface area (Å²) in [5.41, 5.74) is 0.892. The van der Waals surface area contributed by atoms with E-state index in [4.69, 9.17) is 16.7 Å². The molecule has 0 unspecified atom stereocenters. The van der Waals surface area contributed by atoms with Gasteiger partial charge in [-0.3, -0.25) is 0 Å². The lowest BCUT2D eigenvalue weighted by Gasteiger charge is -2.27. The second kappa shape index (κ2) is 4.58. The Bertz CT molecular complexity index is 443. The minimum atomic E-state index is -0.938. The second-order valence-electron chi connectivity index (χ2n) is 3.65. The lowest BCUT2D eigenvalue weighted by Crippen LogP contribution is -2.28. The number of carboxylic acid groups (broad SMARTS) is 1. The van der Waals surface area contributed by atoms with Crippen LogP contribution >= 0.6 is 11.6 Å². The minimum absolute atomic E-state index is 0.266. The number of rotatable bonds is 2. The molecule has 0 amide bonds. The van der Waals surface area contributed by atoms with Crippen molar-refractivity contribution in [2.45, 2.75) is 6.42 Å². The van der Waals surface area contributed by atoms with Crippen LogP contribution in [0.2, 0.25) is 5.02 Å². The highest BCUT2D eigenvalue weighted by molar-refractivity contribution is 6.34. The van der Waals surface area contributed by atoms with Gasteiger partial charge in [0.1, 0.15) is 0 Å². The SMILES string of the molecule is O=C(O)c1cccc(Cl)c1N1CC=CCC1. The van der Waals surface area contributed by atoms with Crippen molar-refractivity contribution in [2.24, 2.45) is 0 Å². The van der Waals surface area contributed by atoms with Crippen LogP contribution in [0.15, 0.2) is 30.4 Å². The monoisotopic (exact) mass is 237 g/mol. The maximum Gasteiger partial charge on any atom is 0.337 e. The number of carboxylic acids is 1. The number of para-hydroxylation sites is 1. The molecule has 0 fully saturated rings. The van der Waals surface area contributed by atoms with Gasteiger partial charge in [0, 0.05) is 13.1 Å². The fraction of sp³-hybridized carbons (Fsp3) is 0.250. The van der Waals surface area contributed by atoms with Crippen molar-refractivity contribution in [1.29, 1.82) is 0 Å². The third-order valence-corrected chi connectivity index (χ3v) is 2.90. The summed E-state index contributed by atoms with van der Waals surface area (Å²) in [5, 5.41) is 9.61. The summed E-state index contributed by atoms with van der Waals surface area (Å²) in [4.78, 5) is 13.1. The first kappa shape index (κ1) is 11.0. The first-order valence-corrected chi connectivity index (χ1v) is 5.49. The minimum Gasteiger partial charge on any atom is -0.478 e. The fourth-order valence-electron chi connectivity index (χ4n) is 1.85. The van der Waals surface area contributed by atoms with Crippen molar-refractivity contribution in [3.8, 4) is 0 Å². The molecule has 0 atom stereocenters. The van der Waals surface area contributed by atoms with Gasteiger partial charge >= 0.3 is 5.97 Å². The van der Waals surface area contributed by atoms with Crippen LogP contribution in [0.1, 0.15) is 16.8 Å². The molecular formula is C12H12ClNO2.